The third kappa shape index (κ3) is 4.96. The monoisotopic (exact) mass is 306 g/mol. The standard InChI is InChI=1S/C12H18O9/c1-5(13)18-4-8-9(16)10(19-6(2)14)11(12(17)21-8)20-7(3)15/h8-12,16-17H,4H2,1-3H3/t8-,9+,10+,11-,12+/m1/s1. The van der Waals surface area contributed by atoms with E-state index in [0.717, 1.165) is 20.8 Å². The van der Waals surface area contributed by atoms with Crippen LogP contribution in [0.1, 0.15) is 20.8 Å². The van der Waals surface area contributed by atoms with Crippen LogP contribution in [0.25, 0.3) is 0 Å². The van der Waals surface area contributed by atoms with E-state index < -0.39 is 48.6 Å². The molecule has 120 valence electrons. The van der Waals surface area contributed by atoms with Gasteiger partial charge in [-0.05, 0) is 0 Å². The van der Waals surface area contributed by atoms with Crippen molar-refractivity contribution in [3.8, 4) is 0 Å². The van der Waals surface area contributed by atoms with Gasteiger partial charge in [0, 0.05) is 20.8 Å². The summed E-state index contributed by atoms with van der Waals surface area (Å²) in [5.74, 6) is -2.09. The van der Waals surface area contributed by atoms with Crippen LogP contribution < -0.4 is 0 Å². The number of carbonyl (C=O) groups is 3. The van der Waals surface area contributed by atoms with Crippen LogP contribution in [-0.2, 0) is 33.3 Å². The van der Waals surface area contributed by atoms with Gasteiger partial charge in [-0.2, -0.15) is 0 Å². The maximum Gasteiger partial charge on any atom is 0.303 e. The Kier molecular flexibility index (Phi) is 6.06. The minimum Gasteiger partial charge on any atom is -0.463 e. The third-order valence-corrected chi connectivity index (χ3v) is 2.69. The molecule has 0 unspecified atom stereocenters. The van der Waals surface area contributed by atoms with Crippen molar-refractivity contribution >= 4 is 17.9 Å². The summed E-state index contributed by atoms with van der Waals surface area (Å²) in [6, 6.07) is 0. The molecule has 0 saturated carbocycles. The maximum absolute atomic E-state index is 11.1. The molecule has 1 fully saturated rings. The highest BCUT2D eigenvalue weighted by atomic mass is 16.7. The Labute approximate surface area is 120 Å². The number of rotatable bonds is 4. The van der Waals surface area contributed by atoms with E-state index >= 15 is 0 Å². The van der Waals surface area contributed by atoms with Gasteiger partial charge in [0.2, 0.25) is 0 Å². The molecule has 0 aromatic rings. The van der Waals surface area contributed by atoms with Crippen molar-refractivity contribution in [2.45, 2.75) is 51.5 Å². The maximum atomic E-state index is 11.1. The van der Waals surface area contributed by atoms with Gasteiger partial charge in [-0.3, -0.25) is 14.4 Å². The zero-order chi connectivity index (χ0) is 16.2. The van der Waals surface area contributed by atoms with E-state index in [1.165, 1.54) is 0 Å². The average Bonchev–Trinajstić information content (AvgIpc) is 2.35. The van der Waals surface area contributed by atoms with Crippen molar-refractivity contribution in [1.29, 1.82) is 0 Å². The number of aliphatic hydroxyl groups is 2. The van der Waals surface area contributed by atoms with Gasteiger partial charge >= 0.3 is 17.9 Å². The molecule has 1 saturated heterocycles. The molecule has 0 bridgehead atoms. The van der Waals surface area contributed by atoms with Crippen LogP contribution in [0.5, 0.6) is 0 Å². The first kappa shape index (κ1) is 17.3. The fraction of sp³-hybridized carbons (Fsp3) is 0.750. The molecule has 5 atom stereocenters. The van der Waals surface area contributed by atoms with Gasteiger partial charge in [0.25, 0.3) is 0 Å². The summed E-state index contributed by atoms with van der Waals surface area (Å²) in [6.07, 6.45) is -6.92. The zero-order valence-corrected chi connectivity index (χ0v) is 11.8. The molecule has 1 aliphatic heterocycles. The summed E-state index contributed by atoms with van der Waals surface area (Å²) in [6.45, 7) is 3.00. The quantitative estimate of drug-likeness (QED) is 0.470. The highest BCUT2D eigenvalue weighted by Gasteiger charge is 2.49. The summed E-state index contributed by atoms with van der Waals surface area (Å²) in [5, 5.41) is 19.9. The Morgan fingerprint density at radius 2 is 1.48 bits per heavy atom. The van der Waals surface area contributed by atoms with Crippen LogP contribution in [-0.4, -0.2) is 65.4 Å². The first-order chi connectivity index (χ1) is 9.72. The molecule has 0 aliphatic carbocycles. The number of carbonyl (C=O) groups excluding carboxylic acids is 3. The molecule has 9 nitrogen and oxygen atoms in total. The number of esters is 3. The van der Waals surface area contributed by atoms with Gasteiger partial charge in [-0.15, -0.1) is 0 Å². The first-order valence-corrected chi connectivity index (χ1v) is 6.21. The van der Waals surface area contributed by atoms with Gasteiger partial charge in [0.05, 0.1) is 0 Å². The van der Waals surface area contributed by atoms with Crippen molar-refractivity contribution in [3.63, 3.8) is 0 Å². The van der Waals surface area contributed by atoms with Crippen molar-refractivity contribution < 1.29 is 43.5 Å². The molecule has 9 heteroatoms. The van der Waals surface area contributed by atoms with Crippen molar-refractivity contribution in [2.24, 2.45) is 0 Å². The Bertz CT molecular complexity index is 408. The van der Waals surface area contributed by atoms with E-state index in [1.807, 2.05) is 0 Å². The minimum absolute atomic E-state index is 0.349. The fourth-order valence-corrected chi connectivity index (χ4v) is 1.89. The molecule has 21 heavy (non-hydrogen) atoms. The topological polar surface area (TPSA) is 129 Å². The normalized spacial score (nSPS) is 32.1. The minimum atomic E-state index is -1.64. The molecule has 0 radical (unpaired) electrons. The van der Waals surface area contributed by atoms with Crippen LogP contribution in [0.3, 0.4) is 0 Å². The van der Waals surface area contributed by atoms with E-state index in [-0.39, 0.29) is 6.61 Å². The van der Waals surface area contributed by atoms with E-state index in [9.17, 15) is 24.6 Å². The Morgan fingerprint density at radius 1 is 0.952 bits per heavy atom. The van der Waals surface area contributed by atoms with E-state index in [1.54, 1.807) is 0 Å². The Hall–Kier alpha value is -1.71. The van der Waals surface area contributed by atoms with Crippen LogP contribution in [0, 0.1) is 0 Å². The molecule has 2 N–H and O–H groups in total. The van der Waals surface area contributed by atoms with Crippen molar-refractivity contribution in [1.82, 2.24) is 0 Å². The summed E-state index contributed by atoms with van der Waals surface area (Å²) in [5.41, 5.74) is 0. The first-order valence-electron chi connectivity index (χ1n) is 6.21. The molecule has 0 aromatic heterocycles. The van der Waals surface area contributed by atoms with E-state index in [4.69, 9.17) is 14.2 Å². The van der Waals surface area contributed by atoms with Crippen LogP contribution in [0.2, 0.25) is 0 Å². The number of aliphatic hydroxyl groups excluding tert-OH is 2. The summed E-state index contributed by atoms with van der Waals surface area (Å²) >= 11 is 0. The van der Waals surface area contributed by atoms with Gasteiger partial charge in [-0.1, -0.05) is 0 Å². The third-order valence-electron chi connectivity index (χ3n) is 2.69. The van der Waals surface area contributed by atoms with Crippen LogP contribution >= 0.6 is 0 Å². The zero-order valence-electron chi connectivity index (χ0n) is 11.8. The molecule has 0 spiro atoms. The SMILES string of the molecule is CC(=O)OC[C@H]1O[C@H](O)[C@H](OC(C)=O)[C@@H](OC(C)=O)[C@H]1O. The highest BCUT2D eigenvalue weighted by Crippen LogP contribution is 2.25. The average molecular weight is 306 g/mol. The molecule has 1 heterocycles. The molecular formula is C12H18O9. The van der Waals surface area contributed by atoms with Gasteiger partial charge in [0.15, 0.2) is 18.5 Å². The Morgan fingerprint density at radius 3 is 1.95 bits per heavy atom. The van der Waals surface area contributed by atoms with Crippen molar-refractivity contribution in [2.75, 3.05) is 6.61 Å². The lowest BCUT2D eigenvalue weighted by molar-refractivity contribution is -0.293. The Balaban J connectivity index is 2.87. The predicted octanol–water partition coefficient (Wildman–Crippen LogP) is -1.51. The van der Waals surface area contributed by atoms with Crippen LogP contribution in [0.4, 0.5) is 0 Å². The molecule has 0 amide bonds. The number of hydrogen-bond donors (Lipinski definition) is 2. The predicted molar refractivity (Wildman–Crippen MR) is 64.6 cm³/mol. The lowest BCUT2D eigenvalue weighted by atomic mass is 9.98. The van der Waals surface area contributed by atoms with Gasteiger partial charge in [0.1, 0.15) is 18.8 Å². The summed E-state index contributed by atoms with van der Waals surface area (Å²) in [7, 11) is 0. The number of ether oxygens (including phenoxy) is 4. The van der Waals surface area contributed by atoms with E-state index in [2.05, 4.69) is 4.74 Å². The molecule has 0 aromatic carbocycles. The lowest BCUT2D eigenvalue weighted by Gasteiger charge is -2.41. The van der Waals surface area contributed by atoms with Crippen LogP contribution in [0.15, 0.2) is 0 Å². The van der Waals surface area contributed by atoms with E-state index in [0.29, 0.717) is 0 Å². The second-order valence-corrected chi connectivity index (χ2v) is 4.51. The highest BCUT2D eigenvalue weighted by molar-refractivity contribution is 5.67. The molecule has 1 aliphatic rings. The van der Waals surface area contributed by atoms with Gasteiger partial charge < -0.3 is 29.2 Å². The second-order valence-electron chi connectivity index (χ2n) is 4.51. The summed E-state index contributed by atoms with van der Waals surface area (Å²) < 4.78 is 19.4. The largest absolute Gasteiger partial charge is 0.463 e. The summed E-state index contributed by atoms with van der Waals surface area (Å²) in [4.78, 5) is 32.9. The van der Waals surface area contributed by atoms with Gasteiger partial charge in [-0.25, -0.2) is 0 Å². The molecule has 1 rings (SSSR count). The van der Waals surface area contributed by atoms with Crippen molar-refractivity contribution in [3.05, 3.63) is 0 Å². The second kappa shape index (κ2) is 7.34. The number of hydrogen-bond acceptors (Lipinski definition) is 9. The fourth-order valence-electron chi connectivity index (χ4n) is 1.89. The molecular weight excluding hydrogens is 288 g/mol. The lowest BCUT2D eigenvalue weighted by Crippen LogP contribution is -2.61. The smallest absolute Gasteiger partial charge is 0.303 e.